The zero-order valence-electron chi connectivity index (χ0n) is 12.6. The van der Waals surface area contributed by atoms with Gasteiger partial charge in [-0.2, -0.15) is 11.3 Å². The van der Waals surface area contributed by atoms with Crippen LogP contribution in [0.15, 0.2) is 41.4 Å². The second-order valence-electron chi connectivity index (χ2n) is 6.02. The van der Waals surface area contributed by atoms with Crippen molar-refractivity contribution in [3.63, 3.8) is 0 Å². The molecule has 4 heterocycles. The molecule has 23 heavy (non-hydrogen) atoms. The van der Waals surface area contributed by atoms with Gasteiger partial charge in [-0.15, -0.1) is 0 Å². The van der Waals surface area contributed by atoms with Crippen LogP contribution >= 0.6 is 11.3 Å². The van der Waals surface area contributed by atoms with Crippen molar-refractivity contribution in [2.24, 2.45) is 0 Å². The largest absolute Gasteiger partial charge is 0.333 e. The third-order valence-electron chi connectivity index (χ3n) is 4.75. The summed E-state index contributed by atoms with van der Waals surface area (Å²) in [5.41, 5.74) is 1.81. The van der Waals surface area contributed by atoms with E-state index in [1.807, 2.05) is 38.8 Å². The predicted molar refractivity (Wildman–Crippen MR) is 87.0 cm³/mol. The molecule has 5 nitrogen and oxygen atoms in total. The first-order valence-electron chi connectivity index (χ1n) is 7.75. The van der Waals surface area contributed by atoms with Crippen molar-refractivity contribution in [1.29, 1.82) is 0 Å². The van der Waals surface area contributed by atoms with Gasteiger partial charge in [0.25, 0.3) is 5.91 Å². The molecule has 0 radical (unpaired) electrons. The number of pyridine rings is 1. The smallest absolute Gasteiger partial charge is 0.255 e. The number of fused-ring (bicyclic) bond motifs is 1. The highest BCUT2D eigenvalue weighted by atomic mass is 32.1. The number of hydrogen-bond acceptors (Lipinski definition) is 4. The molecular formula is C17H17N3O2S. The summed E-state index contributed by atoms with van der Waals surface area (Å²) < 4.78 is 0. The predicted octanol–water partition coefficient (Wildman–Crippen LogP) is 2.16. The highest BCUT2D eigenvalue weighted by Crippen LogP contribution is 2.34. The highest BCUT2D eigenvalue weighted by Gasteiger charge is 2.48. The zero-order chi connectivity index (χ0) is 15.8. The Labute approximate surface area is 138 Å². The van der Waals surface area contributed by atoms with E-state index in [0.717, 1.165) is 24.1 Å². The van der Waals surface area contributed by atoms with Crippen LogP contribution in [-0.4, -0.2) is 45.2 Å². The molecule has 4 rings (SSSR count). The fourth-order valence-corrected chi connectivity index (χ4v) is 4.25. The quantitative estimate of drug-likeness (QED) is 0.868. The molecular weight excluding hydrogens is 310 g/mol. The first-order valence-corrected chi connectivity index (χ1v) is 8.70. The Morgan fingerprint density at radius 1 is 1.26 bits per heavy atom. The molecule has 0 bridgehead atoms. The summed E-state index contributed by atoms with van der Waals surface area (Å²) in [4.78, 5) is 32.9. The Kier molecular flexibility index (Phi) is 3.61. The minimum atomic E-state index is 0.0109. The summed E-state index contributed by atoms with van der Waals surface area (Å²) in [5.74, 6) is 0.192. The van der Waals surface area contributed by atoms with Gasteiger partial charge in [-0.05, 0) is 35.6 Å². The molecule has 0 unspecified atom stereocenters. The number of rotatable bonds is 3. The number of hydrogen-bond donors (Lipinski definition) is 0. The lowest BCUT2D eigenvalue weighted by molar-refractivity contribution is -0.129. The molecule has 2 fully saturated rings. The van der Waals surface area contributed by atoms with Crippen molar-refractivity contribution in [1.82, 2.24) is 14.8 Å². The van der Waals surface area contributed by atoms with Crippen LogP contribution in [-0.2, 0) is 11.3 Å². The average molecular weight is 327 g/mol. The van der Waals surface area contributed by atoms with Gasteiger partial charge in [0.1, 0.15) is 0 Å². The van der Waals surface area contributed by atoms with Crippen molar-refractivity contribution < 1.29 is 9.59 Å². The molecule has 0 N–H and O–H groups in total. The van der Waals surface area contributed by atoms with E-state index in [2.05, 4.69) is 4.98 Å². The minimum absolute atomic E-state index is 0.0109. The van der Waals surface area contributed by atoms with Gasteiger partial charge < -0.3 is 9.80 Å². The molecule has 2 atom stereocenters. The minimum Gasteiger partial charge on any atom is -0.333 e. The second-order valence-corrected chi connectivity index (χ2v) is 6.80. The summed E-state index contributed by atoms with van der Waals surface area (Å²) in [6.07, 6.45) is 4.78. The Hall–Kier alpha value is -2.21. The monoisotopic (exact) mass is 327 g/mol. The van der Waals surface area contributed by atoms with E-state index in [-0.39, 0.29) is 23.9 Å². The number of aromatic nitrogens is 1. The number of carbonyl (C=O) groups is 2. The summed E-state index contributed by atoms with van der Waals surface area (Å²) in [6, 6.07) is 5.87. The number of nitrogens with zero attached hydrogens (tertiary/aromatic N) is 3. The number of carbonyl (C=O) groups excluding carboxylic acids is 2. The molecule has 2 amide bonds. The van der Waals surface area contributed by atoms with Gasteiger partial charge in [0.2, 0.25) is 5.91 Å². The number of amides is 2. The molecule has 0 saturated carbocycles. The first kappa shape index (κ1) is 14.4. The Morgan fingerprint density at radius 3 is 2.83 bits per heavy atom. The van der Waals surface area contributed by atoms with Gasteiger partial charge >= 0.3 is 0 Å². The lowest BCUT2D eigenvalue weighted by atomic mass is 10.1. The fourth-order valence-electron chi connectivity index (χ4n) is 3.62. The van der Waals surface area contributed by atoms with Gasteiger partial charge in [0.15, 0.2) is 0 Å². The molecule has 0 aliphatic carbocycles. The van der Waals surface area contributed by atoms with Gasteiger partial charge in [-0.25, -0.2) is 0 Å². The van der Waals surface area contributed by atoms with Crippen molar-refractivity contribution in [3.05, 3.63) is 52.5 Å². The van der Waals surface area contributed by atoms with Gasteiger partial charge in [-0.1, -0.05) is 0 Å². The third-order valence-corrected chi connectivity index (χ3v) is 5.43. The van der Waals surface area contributed by atoms with Gasteiger partial charge in [0.05, 0.1) is 17.6 Å². The average Bonchev–Trinajstić information content (AvgIpc) is 3.27. The molecule has 118 valence electrons. The maximum Gasteiger partial charge on any atom is 0.255 e. The van der Waals surface area contributed by atoms with Crippen LogP contribution in [0.2, 0.25) is 0 Å². The van der Waals surface area contributed by atoms with Crippen LogP contribution in [0.3, 0.4) is 0 Å². The third kappa shape index (κ3) is 2.53. The summed E-state index contributed by atoms with van der Waals surface area (Å²) in [6.45, 7) is 1.33. The van der Waals surface area contributed by atoms with E-state index in [1.165, 1.54) is 11.3 Å². The summed E-state index contributed by atoms with van der Waals surface area (Å²) >= 11 is 1.52. The Morgan fingerprint density at radius 2 is 2.09 bits per heavy atom. The first-order chi connectivity index (χ1) is 11.2. The maximum absolute atomic E-state index is 12.6. The maximum atomic E-state index is 12.6. The molecule has 2 aliphatic rings. The van der Waals surface area contributed by atoms with Crippen LogP contribution in [0.5, 0.6) is 0 Å². The molecule has 0 spiro atoms. The highest BCUT2D eigenvalue weighted by molar-refractivity contribution is 7.08. The number of likely N-dealkylation sites (tertiary alicyclic amines) is 2. The van der Waals surface area contributed by atoms with E-state index in [1.54, 1.807) is 12.4 Å². The van der Waals surface area contributed by atoms with Crippen molar-refractivity contribution in [2.75, 3.05) is 6.54 Å². The molecule has 2 saturated heterocycles. The van der Waals surface area contributed by atoms with Crippen LogP contribution in [0.25, 0.3) is 0 Å². The number of thiophene rings is 1. The molecule has 0 aromatic carbocycles. The van der Waals surface area contributed by atoms with E-state index in [0.29, 0.717) is 13.0 Å². The molecule has 2 aromatic rings. The summed E-state index contributed by atoms with van der Waals surface area (Å²) in [5, 5.41) is 3.79. The van der Waals surface area contributed by atoms with Crippen molar-refractivity contribution in [3.8, 4) is 0 Å². The Bertz CT molecular complexity index is 717. The van der Waals surface area contributed by atoms with Gasteiger partial charge in [-0.3, -0.25) is 14.6 Å². The fraction of sp³-hybridized carbons (Fsp3) is 0.353. The molecule has 6 heteroatoms. The standard InChI is InChI=1S/C17H17N3O2S/c21-16-9-15-14(20(16)10-12-1-5-18-6-2-12)3-7-19(15)17(22)13-4-8-23-11-13/h1-2,4-6,8,11,14-15H,3,7,9-10H2/t14-,15+/m0/s1. The second kappa shape index (κ2) is 5.77. The van der Waals surface area contributed by atoms with Crippen LogP contribution in [0, 0.1) is 0 Å². The van der Waals surface area contributed by atoms with E-state index in [4.69, 9.17) is 0 Å². The van der Waals surface area contributed by atoms with Crippen molar-refractivity contribution in [2.45, 2.75) is 31.5 Å². The molecule has 2 aliphatic heterocycles. The summed E-state index contributed by atoms with van der Waals surface area (Å²) in [7, 11) is 0. The van der Waals surface area contributed by atoms with Crippen LogP contribution < -0.4 is 0 Å². The van der Waals surface area contributed by atoms with E-state index >= 15 is 0 Å². The Balaban J connectivity index is 1.52. The van der Waals surface area contributed by atoms with Crippen molar-refractivity contribution >= 4 is 23.2 Å². The lowest BCUT2D eigenvalue weighted by Crippen LogP contribution is -2.39. The van der Waals surface area contributed by atoms with Gasteiger partial charge in [0, 0.05) is 37.3 Å². The normalized spacial score (nSPS) is 23.4. The topological polar surface area (TPSA) is 53.5 Å². The SMILES string of the molecule is O=C(c1ccsc1)N1CC[C@H]2[C@H]1CC(=O)N2Cc1ccncc1. The van der Waals surface area contributed by atoms with Crippen LogP contribution in [0.1, 0.15) is 28.8 Å². The van der Waals surface area contributed by atoms with E-state index in [9.17, 15) is 9.59 Å². The molecule has 2 aromatic heterocycles. The zero-order valence-corrected chi connectivity index (χ0v) is 13.4. The van der Waals surface area contributed by atoms with E-state index < -0.39 is 0 Å². The lowest BCUT2D eigenvalue weighted by Gasteiger charge is -2.25. The van der Waals surface area contributed by atoms with Crippen LogP contribution in [0.4, 0.5) is 0 Å².